The number of likely N-dealkylation sites (tertiary alicyclic amines) is 1. The summed E-state index contributed by atoms with van der Waals surface area (Å²) in [5, 5.41) is 3.85. The van der Waals surface area contributed by atoms with E-state index in [1.54, 1.807) is 11.8 Å². The van der Waals surface area contributed by atoms with Crippen molar-refractivity contribution in [1.82, 2.24) is 9.88 Å². The molecule has 2 aliphatic carbocycles. The number of aromatic nitrogens is 1. The zero-order chi connectivity index (χ0) is 22.1. The Morgan fingerprint density at radius 2 is 2.03 bits per heavy atom. The van der Waals surface area contributed by atoms with Crippen LogP contribution < -0.4 is 10.2 Å². The number of carbonyl (C=O) groups excluding carboxylic acids is 3. The van der Waals surface area contributed by atoms with E-state index in [1.165, 1.54) is 21.8 Å². The van der Waals surface area contributed by atoms with Gasteiger partial charge in [-0.15, -0.1) is 0 Å². The second-order valence-electron chi connectivity index (χ2n) is 8.94. The van der Waals surface area contributed by atoms with Gasteiger partial charge in [0.15, 0.2) is 0 Å². The zero-order valence-electron chi connectivity index (χ0n) is 17.3. The molecule has 1 saturated heterocycles. The zero-order valence-corrected chi connectivity index (χ0v) is 18.9. The Morgan fingerprint density at radius 1 is 1.22 bits per heavy atom. The molecule has 0 radical (unpaired) electrons. The van der Waals surface area contributed by atoms with Crippen LogP contribution in [-0.2, 0) is 14.4 Å². The van der Waals surface area contributed by atoms with Gasteiger partial charge in [-0.05, 0) is 49.0 Å². The number of thioether (sulfide) groups is 1. The smallest absolute Gasteiger partial charge is 0.305 e. The summed E-state index contributed by atoms with van der Waals surface area (Å²) in [5.74, 6) is -0.984. The van der Waals surface area contributed by atoms with E-state index in [9.17, 15) is 19.2 Å². The standard InChI is InChI=1S/C23H21N3O4S2/c1-10-3-2-4-11(7-10)24-16(27)5-6-26-21(28)17-12-8-14(18(17)22(26)29)19-13(12)9-15-20(32-19)25-23(30)31-15/h2-4,7,9,12,14,17-19H,5-6,8H2,1H3,(H,24,27)(H,25,30)/t12-,14+,17+,18+,19-/m0/s1. The number of nitrogens with one attached hydrogen (secondary N) is 2. The molecule has 2 aliphatic heterocycles. The molecule has 7 nitrogen and oxygen atoms in total. The highest BCUT2D eigenvalue weighted by Gasteiger charge is 2.66. The lowest BCUT2D eigenvalue weighted by molar-refractivity contribution is -0.140. The van der Waals surface area contributed by atoms with E-state index in [0.717, 1.165) is 21.9 Å². The summed E-state index contributed by atoms with van der Waals surface area (Å²) in [6.45, 7) is 2.06. The Morgan fingerprint density at radius 3 is 2.84 bits per heavy atom. The van der Waals surface area contributed by atoms with Crippen LogP contribution in [0.5, 0.6) is 0 Å². The number of anilines is 1. The van der Waals surface area contributed by atoms with E-state index in [4.69, 9.17) is 0 Å². The first-order valence-corrected chi connectivity index (χ1v) is 12.4. The molecule has 3 fully saturated rings. The van der Waals surface area contributed by atoms with Crippen LogP contribution in [0, 0.1) is 30.6 Å². The molecule has 32 heavy (non-hydrogen) atoms. The molecule has 1 aromatic heterocycles. The summed E-state index contributed by atoms with van der Waals surface area (Å²) < 4.78 is 0. The predicted octanol–water partition coefficient (Wildman–Crippen LogP) is 2.88. The quantitative estimate of drug-likeness (QED) is 0.674. The van der Waals surface area contributed by atoms with Crippen LogP contribution in [0.15, 0.2) is 39.7 Å². The summed E-state index contributed by atoms with van der Waals surface area (Å²) in [6.07, 6.45) is 2.99. The van der Waals surface area contributed by atoms with E-state index in [0.29, 0.717) is 5.69 Å². The van der Waals surface area contributed by atoms with E-state index < -0.39 is 0 Å². The Balaban J connectivity index is 1.17. The fourth-order valence-corrected chi connectivity index (χ4v) is 8.30. The number of carbonyl (C=O) groups is 3. The summed E-state index contributed by atoms with van der Waals surface area (Å²) in [4.78, 5) is 55.6. The highest BCUT2D eigenvalue weighted by Crippen LogP contribution is 2.64. The molecular formula is C23H21N3O4S2. The van der Waals surface area contributed by atoms with Gasteiger partial charge in [0.2, 0.25) is 17.7 Å². The van der Waals surface area contributed by atoms with Gasteiger partial charge in [0.25, 0.3) is 0 Å². The average Bonchev–Trinajstić information content (AvgIpc) is 3.46. The first-order valence-electron chi connectivity index (χ1n) is 10.7. The van der Waals surface area contributed by atoms with Gasteiger partial charge in [0.05, 0.1) is 21.7 Å². The number of nitrogens with zero attached hydrogens (tertiary/aromatic N) is 1. The first-order chi connectivity index (χ1) is 15.4. The second-order valence-corrected chi connectivity index (χ2v) is 11.1. The Kier molecular flexibility index (Phi) is 4.49. The van der Waals surface area contributed by atoms with E-state index in [1.807, 2.05) is 31.2 Å². The van der Waals surface area contributed by atoms with Crippen molar-refractivity contribution in [2.75, 3.05) is 11.9 Å². The van der Waals surface area contributed by atoms with Crippen LogP contribution in [0.25, 0.3) is 6.08 Å². The van der Waals surface area contributed by atoms with Crippen molar-refractivity contribution in [3.63, 3.8) is 0 Å². The number of thiazole rings is 1. The number of hydrogen-bond acceptors (Lipinski definition) is 6. The molecule has 6 rings (SSSR count). The van der Waals surface area contributed by atoms with Crippen LogP contribution in [0.3, 0.4) is 0 Å². The van der Waals surface area contributed by atoms with Crippen LogP contribution in [0.2, 0.25) is 0 Å². The van der Waals surface area contributed by atoms with Crippen molar-refractivity contribution in [3.8, 4) is 0 Å². The van der Waals surface area contributed by atoms with Gasteiger partial charge in [-0.3, -0.25) is 24.1 Å². The van der Waals surface area contributed by atoms with E-state index >= 15 is 0 Å². The van der Waals surface area contributed by atoms with Crippen molar-refractivity contribution < 1.29 is 14.4 Å². The number of benzene rings is 1. The van der Waals surface area contributed by atoms with Crippen molar-refractivity contribution in [2.45, 2.75) is 30.0 Å². The van der Waals surface area contributed by atoms with Crippen LogP contribution >= 0.6 is 23.1 Å². The molecule has 9 heteroatoms. The third-order valence-corrected chi connectivity index (χ3v) is 9.50. The predicted molar refractivity (Wildman–Crippen MR) is 122 cm³/mol. The monoisotopic (exact) mass is 467 g/mol. The topological polar surface area (TPSA) is 99.3 Å². The van der Waals surface area contributed by atoms with Crippen LogP contribution in [-0.4, -0.2) is 39.4 Å². The third-order valence-electron chi connectivity index (χ3n) is 7.10. The lowest BCUT2D eigenvalue weighted by atomic mass is 9.77. The lowest BCUT2D eigenvalue weighted by Crippen LogP contribution is -2.35. The molecule has 2 saturated carbocycles. The number of rotatable bonds is 4. The second kappa shape index (κ2) is 7.18. The molecule has 5 atom stereocenters. The number of fused-ring (bicyclic) bond motifs is 9. The summed E-state index contributed by atoms with van der Waals surface area (Å²) in [6, 6.07) is 7.52. The average molecular weight is 468 g/mol. The van der Waals surface area contributed by atoms with Crippen LogP contribution in [0.1, 0.15) is 23.3 Å². The summed E-state index contributed by atoms with van der Waals surface area (Å²) in [5.41, 5.74) is 2.95. The Bertz CT molecular complexity index is 1260. The number of H-pyrrole nitrogens is 1. The fraction of sp³-hybridized carbons (Fsp3) is 0.391. The maximum Gasteiger partial charge on any atom is 0.305 e. The minimum atomic E-state index is -0.326. The van der Waals surface area contributed by atoms with Gasteiger partial charge < -0.3 is 10.3 Å². The minimum absolute atomic E-state index is 0.0513. The number of imide groups is 1. The van der Waals surface area contributed by atoms with E-state index in [2.05, 4.69) is 16.4 Å². The van der Waals surface area contributed by atoms with Crippen molar-refractivity contribution in [2.24, 2.45) is 23.7 Å². The molecule has 3 heterocycles. The molecule has 2 N–H and O–H groups in total. The molecule has 3 amide bonds. The molecule has 0 unspecified atom stereocenters. The maximum atomic E-state index is 13.2. The van der Waals surface area contributed by atoms with Gasteiger partial charge >= 0.3 is 4.87 Å². The molecule has 164 valence electrons. The lowest BCUT2D eigenvalue weighted by Gasteiger charge is -2.32. The third kappa shape index (κ3) is 2.94. The highest BCUT2D eigenvalue weighted by atomic mass is 32.2. The van der Waals surface area contributed by atoms with Gasteiger partial charge in [-0.1, -0.05) is 40.8 Å². The normalized spacial score (nSPS) is 29.6. The Labute approximate surface area is 192 Å². The highest BCUT2D eigenvalue weighted by molar-refractivity contribution is 8.00. The van der Waals surface area contributed by atoms with Gasteiger partial charge in [0, 0.05) is 23.9 Å². The van der Waals surface area contributed by atoms with Crippen molar-refractivity contribution >= 4 is 52.6 Å². The minimum Gasteiger partial charge on any atom is -0.326 e. The van der Waals surface area contributed by atoms with E-state index in [-0.39, 0.29) is 64.5 Å². The van der Waals surface area contributed by atoms with Crippen molar-refractivity contribution in [3.05, 3.63) is 49.9 Å². The molecule has 4 aliphatic rings. The molecule has 2 bridgehead atoms. The molecule has 1 aromatic carbocycles. The SMILES string of the molecule is Cc1cccc(NC(=O)CCN2C(=O)[C@@H]3[C@H]4C[C@@H](C5=Cc6sc(=O)[nH]c6S[C@@H]54)[C@H]3C2=O)c1. The Hall–Kier alpha value is -2.65. The molecular weight excluding hydrogens is 446 g/mol. The van der Waals surface area contributed by atoms with Gasteiger partial charge in [-0.25, -0.2) is 0 Å². The van der Waals surface area contributed by atoms with Crippen molar-refractivity contribution in [1.29, 1.82) is 0 Å². The van der Waals surface area contributed by atoms with Gasteiger partial charge in [-0.2, -0.15) is 0 Å². The number of amides is 3. The first kappa shape index (κ1) is 20.0. The summed E-state index contributed by atoms with van der Waals surface area (Å²) >= 11 is 2.82. The number of aromatic amines is 1. The number of aryl methyl sites for hydroxylation is 1. The fourth-order valence-electron chi connectivity index (χ4n) is 5.86. The largest absolute Gasteiger partial charge is 0.326 e. The van der Waals surface area contributed by atoms with Crippen LogP contribution in [0.4, 0.5) is 5.69 Å². The number of hydrogen-bond donors (Lipinski definition) is 2. The molecule has 2 aromatic rings. The summed E-state index contributed by atoms with van der Waals surface area (Å²) in [7, 11) is 0. The van der Waals surface area contributed by atoms with Gasteiger partial charge in [0.1, 0.15) is 0 Å². The maximum absolute atomic E-state index is 13.2. The molecule has 0 spiro atoms.